The highest BCUT2D eigenvalue weighted by Crippen LogP contribution is 2.21. The summed E-state index contributed by atoms with van der Waals surface area (Å²) in [5.41, 5.74) is 0.709. The summed E-state index contributed by atoms with van der Waals surface area (Å²) in [4.78, 5) is 23.5. The average Bonchev–Trinajstić information content (AvgIpc) is 2.70. The third-order valence-electron chi connectivity index (χ3n) is 5.13. The van der Waals surface area contributed by atoms with E-state index >= 15 is 0 Å². The number of carbonyl (C=O) groups is 2. The third kappa shape index (κ3) is 10.3. The van der Waals surface area contributed by atoms with Gasteiger partial charge in [-0.05, 0) is 31.4 Å². The highest BCUT2D eigenvalue weighted by atomic mass is 35.5. The Morgan fingerprint density at radius 1 is 0.929 bits per heavy atom. The Bertz CT molecular complexity index is 571. The van der Waals surface area contributed by atoms with Gasteiger partial charge in [-0.3, -0.25) is 4.79 Å². The second kappa shape index (κ2) is 15.6. The monoisotopic (exact) mass is 408 g/mol. The molecule has 0 saturated heterocycles. The summed E-state index contributed by atoms with van der Waals surface area (Å²) >= 11 is 6.13. The molecule has 0 saturated carbocycles. The summed E-state index contributed by atoms with van der Waals surface area (Å²) in [6, 6.07) is 4.68. The van der Waals surface area contributed by atoms with Gasteiger partial charge in [0.25, 0.3) is 0 Å². The van der Waals surface area contributed by atoms with Crippen molar-refractivity contribution in [1.82, 2.24) is 0 Å². The molecular weight excluding hydrogens is 372 g/mol. The van der Waals surface area contributed by atoms with Crippen molar-refractivity contribution in [2.75, 3.05) is 0 Å². The van der Waals surface area contributed by atoms with E-state index in [1.54, 1.807) is 12.1 Å². The molecule has 0 aliphatic carbocycles. The van der Waals surface area contributed by atoms with Gasteiger partial charge in [0.15, 0.2) is 0 Å². The maximum Gasteiger partial charge on any atom is 0.339 e. The Morgan fingerprint density at radius 3 is 2.11 bits per heavy atom. The normalized spacial score (nSPS) is 12.0. The number of halogens is 1. The van der Waals surface area contributed by atoms with Gasteiger partial charge >= 0.3 is 5.97 Å². The summed E-state index contributed by atoms with van der Waals surface area (Å²) in [7, 11) is 0. The standard InChI is InChI=1S/C24H37ClO3/c1-3-5-7-8-9-10-11-12-13-15-21(14-6-4-2)28-24(27)22-18-20(19-26)16-17-23(22)25/h16-19,21H,3-15H2,1-2H3. The van der Waals surface area contributed by atoms with Crippen molar-refractivity contribution < 1.29 is 14.3 Å². The molecule has 3 nitrogen and oxygen atoms in total. The van der Waals surface area contributed by atoms with Crippen LogP contribution in [0.1, 0.15) is 118 Å². The fourth-order valence-electron chi connectivity index (χ4n) is 3.36. The molecule has 0 aliphatic heterocycles. The molecule has 0 aliphatic rings. The summed E-state index contributed by atoms with van der Waals surface area (Å²) in [5, 5.41) is 0.327. The Hall–Kier alpha value is -1.35. The number of hydrogen-bond acceptors (Lipinski definition) is 3. The molecule has 1 rings (SSSR count). The van der Waals surface area contributed by atoms with E-state index in [1.165, 1.54) is 57.4 Å². The molecule has 1 unspecified atom stereocenters. The molecule has 0 N–H and O–H groups in total. The van der Waals surface area contributed by atoms with Crippen LogP contribution in [-0.4, -0.2) is 18.4 Å². The van der Waals surface area contributed by atoms with Gasteiger partial charge in [0.1, 0.15) is 12.4 Å². The number of unbranched alkanes of at least 4 members (excludes halogenated alkanes) is 9. The van der Waals surface area contributed by atoms with E-state index in [2.05, 4.69) is 13.8 Å². The van der Waals surface area contributed by atoms with Crippen molar-refractivity contribution in [3.63, 3.8) is 0 Å². The summed E-state index contributed by atoms with van der Waals surface area (Å²) in [6.45, 7) is 4.39. The van der Waals surface area contributed by atoms with Crippen LogP contribution in [-0.2, 0) is 4.74 Å². The molecule has 0 amide bonds. The van der Waals surface area contributed by atoms with Crippen molar-refractivity contribution in [2.24, 2.45) is 0 Å². The van der Waals surface area contributed by atoms with E-state index < -0.39 is 5.97 Å². The van der Waals surface area contributed by atoms with Crippen molar-refractivity contribution in [3.8, 4) is 0 Å². The third-order valence-corrected chi connectivity index (χ3v) is 5.46. The molecule has 0 fully saturated rings. The molecule has 158 valence electrons. The lowest BCUT2D eigenvalue weighted by molar-refractivity contribution is 0.0250. The minimum Gasteiger partial charge on any atom is -0.459 e. The molecule has 0 aromatic heterocycles. The zero-order chi connectivity index (χ0) is 20.6. The average molecular weight is 409 g/mol. The number of esters is 1. The van der Waals surface area contributed by atoms with Crippen LogP contribution in [0.15, 0.2) is 18.2 Å². The molecule has 0 spiro atoms. The van der Waals surface area contributed by atoms with Gasteiger partial charge in [0.2, 0.25) is 0 Å². The highest BCUT2D eigenvalue weighted by molar-refractivity contribution is 6.33. The summed E-state index contributed by atoms with van der Waals surface area (Å²) in [6.07, 6.45) is 16.1. The van der Waals surface area contributed by atoms with Crippen LogP contribution in [0.4, 0.5) is 0 Å². The fraction of sp³-hybridized carbons (Fsp3) is 0.667. The van der Waals surface area contributed by atoms with E-state index in [4.69, 9.17) is 16.3 Å². The number of rotatable bonds is 16. The van der Waals surface area contributed by atoms with Crippen LogP contribution in [0.2, 0.25) is 5.02 Å². The summed E-state index contributed by atoms with van der Waals surface area (Å²) < 4.78 is 5.75. The first-order chi connectivity index (χ1) is 13.6. The van der Waals surface area contributed by atoms with Gasteiger partial charge in [0.05, 0.1) is 10.6 Å². The van der Waals surface area contributed by atoms with Crippen LogP contribution in [0.5, 0.6) is 0 Å². The number of benzene rings is 1. The number of aldehydes is 1. The minimum absolute atomic E-state index is 0.0760. The van der Waals surface area contributed by atoms with E-state index in [0.29, 0.717) is 16.9 Å². The Balaban J connectivity index is 2.41. The topological polar surface area (TPSA) is 43.4 Å². The number of hydrogen-bond donors (Lipinski definition) is 0. The van der Waals surface area contributed by atoms with E-state index in [0.717, 1.165) is 32.1 Å². The van der Waals surface area contributed by atoms with E-state index in [1.807, 2.05) is 0 Å². The maximum atomic E-state index is 12.5. The first-order valence-corrected chi connectivity index (χ1v) is 11.5. The Kier molecular flexibility index (Phi) is 13.7. The summed E-state index contributed by atoms with van der Waals surface area (Å²) in [5.74, 6) is -0.425. The van der Waals surface area contributed by atoms with Gasteiger partial charge in [0, 0.05) is 5.56 Å². The van der Waals surface area contributed by atoms with Crippen molar-refractivity contribution in [1.29, 1.82) is 0 Å². The second-order valence-corrected chi connectivity index (χ2v) is 8.05. The van der Waals surface area contributed by atoms with Gasteiger partial charge in [-0.2, -0.15) is 0 Å². The predicted molar refractivity (Wildman–Crippen MR) is 117 cm³/mol. The minimum atomic E-state index is -0.425. The van der Waals surface area contributed by atoms with Crippen LogP contribution < -0.4 is 0 Å². The SMILES string of the molecule is CCCCCCCCCCCC(CCCC)OC(=O)c1cc(C=O)ccc1Cl. The quantitative estimate of drug-likeness (QED) is 0.159. The van der Waals surface area contributed by atoms with Crippen LogP contribution in [0.25, 0.3) is 0 Å². The molecule has 1 aromatic carbocycles. The zero-order valence-corrected chi connectivity index (χ0v) is 18.4. The van der Waals surface area contributed by atoms with E-state index in [-0.39, 0.29) is 11.7 Å². The smallest absolute Gasteiger partial charge is 0.339 e. The van der Waals surface area contributed by atoms with Crippen molar-refractivity contribution in [3.05, 3.63) is 34.3 Å². The Labute approximate surface area is 176 Å². The first kappa shape index (κ1) is 24.7. The number of carbonyl (C=O) groups excluding carboxylic acids is 2. The molecule has 1 aromatic rings. The van der Waals surface area contributed by atoms with E-state index in [9.17, 15) is 9.59 Å². The van der Waals surface area contributed by atoms with Crippen LogP contribution in [0.3, 0.4) is 0 Å². The first-order valence-electron chi connectivity index (χ1n) is 11.1. The lowest BCUT2D eigenvalue weighted by Gasteiger charge is -2.18. The largest absolute Gasteiger partial charge is 0.459 e. The van der Waals surface area contributed by atoms with Crippen LogP contribution >= 0.6 is 11.6 Å². The molecule has 0 bridgehead atoms. The van der Waals surface area contributed by atoms with Gasteiger partial charge < -0.3 is 4.74 Å². The predicted octanol–water partition coefficient (Wildman–Crippen LogP) is 7.79. The Morgan fingerprint density at radius 2 is 1.50 bits per heavy atom. The zero-order valence-electron chi connectivity index (χ0n) is 17.7. The second-order valence-electron chi connectivity index (χ2n) is 7.64. The fourth-order valence-corrected chi connectivity index (χ4v) is 3.56. The molecule has 1 atom stereocenters. The number of ether oxygens (including phenoxy) is 1. The maximum absolute atomic E-state index is 12.5. The van der Waals surface area contributed by atoms with Gasteiger partial charge in [-0.15, -0.1) is 0 Å². The molecule has 28 heavy (non-hydrogen) atoms. The van der Waals surface area contributed by atoms with Gasteiger partial charge in [-0.25, -0.2) is 4.79 Å². The lowest BCUT2D eigenvalue weighted by Crippen LogP contribution is -2.19. The van der Waals surface area contributed by atoms with Gasteiger partial charge in [-0.1, -0.05) is 95.7 Å². The van der Waals surface area contributed by atoms with Crippen molar-refractivity contribution in [2.45, 2.75) is 103 Å². The molecule has 0 radical (unpaired) electrons. The lowest BCUT2D eigenvalue weighted by atomic mass is 10.0. The molecule has 0 heterocycles. The molecule has 4 heteroatoms. The molecular formula is C24H37ClO3. The van der Waals surface area contributed by atoms with Crippen LogP contribution in [0, 0.1) is 0 Å². The van der Waals surface area contributed by atoms with Crippen molar-refractivity contribution >= 4 is 23.9 Å². The highest BCUT2D eigenvalue weighted by Gasteiger charge is 2.18.